The van der Waals surface area contributed by atoms with Crippen LogP contribution in [-0.4, -0.2) is 37.3 Å². The van der Waals surface area contributed by atoms with E-state index in [2.05, 4.69) is 5.32 Å². The van der Waals surface area contributed by atoms with E-state index in [1.54, 1.807) is 0 Å². The van der Waals surface area contributed by atoms with Crippen molar-refractivity contribution in [2.24, 2.45) is 0 Å². The van der Waals surface area contributed by atoms with Crippen LogP contribution in [0.2, 0.25) is 0 Å². The second-order valence-corrected chi connectivity index (χ2v) is 4.28. The summed E-state index contributed by atoms with van der Waals surface area (Å²) in [5, 5.41) is 12.9. The lowest BCUT2D eigenvalue weighted by molar-refractivity contribution is 0.122. The van der Waals surface area contributed by atoms with Gasteiger partial charge in [-0.05, 0) is 17.7 Å². The number of benzene rings is 1. The smallest absolute Gasteiger partial charge is 0.231 e. The van der Waals surface area contributed by atoms with Crippen molar-refractivity contribution < 1.29 is 19.3 Å². The molecule has 1 aromatic carbocycles. The molecule has 1 aromatic rings. The molecule has 5 heteroatoms. The molecule has 2 aliphatic rings. The van der Waals surface area contributed by atoms with Crippen LogP contribution in [0.15, 0.2) is 18.2 Å². The molecule has 2 aliphatic heterocycles. The third kappa shape index (κ3) is 2.22. The summed E-state index contributed by atoms with van der Waals surface area (Å²) in [7, 11) is 0. The van der Waals surface area contributed by atoms with E-state index >= 15 is 0 Å². The van der Waals surface area contributed by atoms with E-state index in [0.717, 1.165) is 17.1 Å². The van der Waals surface area contributed by atoms with Gasteiger partial charge in [-0.15, -0.1) is 0 Å². The van der Waals surface area contributed by atoms with Gasteiger partial charge in [0.2, 0.25) is 6.79 Å². The van der Waals surface area contributed by atoms with Gasteiger partial charge in [0, 0.05) is 6.54 Å². The van der Waals surface area contributed by atoms with Crippen LogP contribution in [0.5, 0.6) is 11.5 Å². The van der Waals surface area contributed by atoms with Crippen molar-refractivity contribution >= 4 is 0 Å². The lowest BCUT2D eigenvalue weighted by Crippen LogP contribution is -2.38. The molecule has 17 heavy (non-hydrogen) atoms. The van der Waals surface area contributed by atoms with Crippen molar-refractivity contribution in [2.45, 2.75) is 18.7 Å². The first kappa shape index (κ1) is 10.8. The van der Waals surface area contributed by atoms with Crippen molar-refractivity contribution in [2.75, 3.05) is 20.0 Å². The van der Waals surface area contributed by atoms with Crippen LogP contribution in [0, 0.1) is 0 Å². The Labute approximate surface area is 99.3 Å². The monoisotopic (exact) mass is 237 g/mol. The van der Waals surface area contributed by atoms with Crippen LogP contribution in [0.4, 0.5) is 0 Å². The van der Waals surface area contributed by atoms with Gasteiger partial charge in [-0.2, -0.15) is 0 Å². The van der Waals surface area contributed by atoms with Crippen molar-refractivity contribution in [1.29, 1.82) is 0 Å². The predicted molar refractivity (Wildman–Crippen MR) is 60.0 cm³/mol. The largest absolute Gasteiger partial charge is 0.454 e. The van der Waals surface area contributed by atoms with E-state index in [-0.39, 0.29) is 6.04 Å². The van der Waals surface area contributed by atoms with E-state index in [1.165, 1.54) is 0 Å². The molecule has 2 unspecified atom stereocenters. The third-order valence-corrected chi connectivity index (χ3v) is 3.06. The van der Waals surface area contributed by atoms with Gasteiger partial charge in [-0.1, -0.05) is 6.07 Å². The molecule has 92 valence electrons. The number of aliphatic hydroxyl groups is 1. The van der Waals surface area contributed by atoms with Gasteiger partial charge in [0.25, 0.3) is 0 Å². The Bertz CT molecular complexity index is 409. The highest BCUT2D eigenvalue weighted by Gasteiger charge is 2.25. The van der Waals surface area contributed by atoms with Gasteiger partial charge in [0.05, 0.1) is 25.4 Å². The Morgan fingerprint density at radius 1 is 1.24 bits per heavy atom. The maximum Gasteiger partial charge on any atom is 0.231 e. The fourth-order valence-electron chi connectivity index (χ4n) is 2.04. The van der Waals surface area contributed by atoms with E-state index in [1.807, 2.05) is 18.2 Å². The first-order chi connectivity index (χ1) is 8.33. The van der Waals surface area contributed by atoms with Crippen LogP contribution in [0.1, 0.15) is 5.56 Å². The lowest BCUT2D eigenvalue weighted by Gasteiger charge is -2.14. The quantitative estimate of drug-likeness (QED) is 0.790. The highest BCUT2D eigenvalue weighted by Crippen LogP contribution is 2.32. The predicted octanol–water partition coefficient (Wildman–Crippen LogP) is 0.265. The van der Waals surface area contributed by atoms with Gasteiger partial charge >= 0.3 is 0 Å². The molecule has 0 saturated carbocycles. The minimum Gasteiger partial charge on any atom is -0.454 e. The number of hydrogen-bond donors (Lipinski definition) is 2. The Morgan fingerprint density at radius 3 is 2.94 bits per heavy atom. The van der Waals surface area contributed by atoms with E-state index < -0.39 is 6.10 Å². The lowest BCUT2D eigenvalue weighted by atomic mass is 10.1. The van der Waals surface area contributed by atoms with E-state index in [0.29, 0.717) is 26.6 Å². The summed E-state index contributed by atoms with van der Waals surface area (Å²) in [5.74, 6) is 1.57. The number of hydrogen-bond acceptors (Lipinski definition) is 5. The van der Waals surface area contributed by atoms with Crippen LogP contribution in [0.25, 0.3) is 0 Å². The van der Waals surface area contributed by atoms with E-state index in [9.17, 15) is 5.11 Å². The minimum absolute atomic E-state index is 0.0143. The van der Waals surface area contributed by atoms with Gasteiger partial charge in [-0.25, -0.2) is 0 Å². The SMILES string of the molecule is OC1COCC1NCc1ccc2c(c1)OCO2. The van der Waals surface area contributed by atoms with Crippen molar-refractivity contribution in [3.8, 4) is 11.5 Å². The molecule has 0 bridgehead atoms. The zero-order valence-corrected chi connectivity index (χ0v) is 9.39. The molecule has 0 aliphatic carbocycles. The zero-order chi connectivity index (χ0) is 11.7. The summed E-state index contributed by atoms with van der Waals surface area (Å²) in [6, 6.07) is 5.86. The molecule has 2 atom stereocenters. The minimum atomic E-state index is -0.413. The average Bonchev–Trinajstić information content (AvgIpc) is 2.94. The zero-order valence-electron chi connectivity index (χ0n) is 9.39. The Hall–Kier alpha value is -1.30. The molecule has 0 radical (unpaired) electrons. The number of aliphatic hydroxyl groups excluding tert-OH is 1. The molecular weight excluding hydrogens is 222 g/mol. The highest BCUT2D eigenvalue weighted by atomic mass is 16.7. The van der Waals surface area contributed by atoms with Gasteiger partial charge in [0.1, 0.15) is 0 Å². The molecule has 3 rings (SSSR count). The van der Waals surface area contributed by atoms with Crippen molar-refractivity contribution in [1.82, 2.24) is 5.32 Å². The van der Waals surface area contributed by atoms with Crippen molar-refractivity contribution in [3.63, 3.8) is 0 Å². The molecule has 2 heterocycles. The molecule has 1 saturated heterocycles. The number of nitrogens with one attached hydrogen (secondary N) is 1. The van der Waals surface area contributed by atoms with Gasteiger partial charge < -0.3 is 24.6 Å². The molecule has 2 N–H and O–H groups in total. The number of rotatable bonds is 3. The molecule has 0 amide bonds. The Balaban J connectivity index is 1.61. The first-order valence-electron chi connectivity index (χ1n) is 5.70. The molecule has 1 fully saturated rings. The van der Waals surface area contributed by atoms with Crippen molar-refractivity contribution in [3.05, 3.63) is 23.8 Å². The highest BCUT2D eigenvalue weighted by molar-refractivity contribution is 5.44. The fraction of sp³-hybridized carbons (Fsp3) is 0.500. The maximum absolute atomic E-state index is 9.59. The summed E-state index contributed by atoms with van der Waals surface area (Å²) in [6.07, 6.45) is -0.413. The number of ether oxygens (including phenoxy) is 3. The topological polar surface area (TPSA) is 60.0 Å². The molecule has 0 spiro atoms. The van der Waals surface area contributed by atoms with Crippen LogP contribution < -0.4 is 14.8 Å². The van der Waals surface area contributed by atoms with E-state index in [4.69, 9.17) is 14.2 Å². The maximum atomic E-state index is 9.59. The van der Waals surface area contributed by atoms with Crippen LogP contribution in [-0.2, 0) is 11.3 Å². The average molecular weight is 237 g/mol. The van der Waals surface area contributed by atoms with Gasteiger partial charge in [0.15, 0.2) is 11.5 Å². The standard InChI is InChI=1S/C12H15NO4/c14-10-6-15-5-9(10)13-4-8-1-2-11-12(3-8)17-7-16-11/h1-3,9-10,13-14H,4-7H2. The normalized spacial score (nSPS) is 26.4. The fourth-order valence-corrected chi connectivity index (χ4v) is 2.04. The van der Waals surface area contributed by atoms with Crippen LogP contribution in [0.3, 0.4) is 0 Å². The summed E-state index contributed by atoms with van der Waals surface area (Å²) in [4.78, 5) is 0. The second kappa shape index (κ2) is 4.52. The molecule has 0 aromatic heterocycles. The summed E-state index contributed by atoms with van der Waals surface area (Å²) < 4.78 is 15.7. The van der Waals surface area contributed by atoms with Crippen LogP contribution >= 0.6 is 0 Å². The third-order valence-electron chi connectivity index (χ3n) is 3.06. The Kier molecular flexibility index (Phi) is 2.88. The molecular formula is C12H15NO4. The van der Waals surface area contributed by atoms with Gasteiger partial charge in [-0.3, -0.25) is 0 Å². The first-order valence-corrected chi connectivity index (χ1v) is 5.70. The number of fused-ring (bicyclic) bond motifs is 1. The molecule has 5 nitrogen and oxygen atoms in total. The second-order valence-electron chi connectivity index (χ2n) is 4.28. The summed E-state index contributed by atoms with van der Waals surface area (Å²) in [5.41, 5.74) is 1.10. The summed E-state index contributed by atoms with van der Waals surface area (Å²) >= 11 is 0. The summed E-state index contributed by atoms with van der Waals surface area (Å²) in [6.45, 7) is 1.95. The Morgan fingerprint density at radius 2 is 2.12 bits per heavy atom.